The van der Waals surface area contributed by atoms with Gasteiger partial charge in [-0.1, -0.05) is 18.2 Å². The van der Waals surface area contributed by atoms with Crippen LogP contribution in [0.15, 0.2) is 24.3 Å². The van der Waals surface area contributed by atoms with Crippen LogP contribution in [-0.4, -0.2) is 33.4 Å². The molecule has 1 aromatic carbocycles. The van der Waals surface area contributed by atoms with Gasteiger partial charge in [-0.05, 0) is 31.4 Å². The van der Waals surface area contributed by atoms with Crippen molar-refractivity contribution < 1.29 is 18.8 Å². The molecule has 1 unspecified atom stereocenters. The molecule has 1 aromatic rings. The summed E-state index contributed by atoms with van der Waals surface area (Å²) in [6.07, 6.45) is 1.49. The zero-order valence-corrected chi connectivity index (χ0v) is 11.2. The lowest BCUT2D eigenvalue weighted by atomic mass is 10.2. The fraction of sp³-hybridized carbons (Fsp3) is 0.462. The summed E-state index contributed by atoms with van der Waals surface area (Å²) in [4.78, 5) is 10.3. The molecule has 0 spiro atoms. The summed E-state index contributed by atoms with van der Waals surface area (Å²) in [5.74, 6) is 0.0101. The van der Waals surface area contributed by atoms with Crippen molar-refractivity contribution in [2.75, 3.05) is 18.1 Å². The van der Waals surface area contributed by atoms with E-state index in [1.807, 2.05) is 31.2 Å². The topological polar surface area (TPSA) is 63.6 Å². The van der Waals surface area contributed by atoms with Gasteiger partial charge in [0.25, 0.3) is 0 Å². The second kappa shape index (κ2) is 7.87. The summed E-state index contributed by atoms with van der Waals surface area (Å²) in [7, 11) is -1.26. The number of carboxylic acids is 1. The van der Waals surface area contributed by atoms with Gasteiger partial charge in [-0.2, -0.15) is 0 Å². The number of aryl methyl sites for hydroxylation is 1. The molecular formula is C13H18O4S. The zero-order chi connectivity index (χ0) is 13.4. The molecule has 18 heavy (non-hydrogen) atoms. The molecule has 0 saturated heterocycles. The average molecular weight is 270 g/mol. The molecular weight excluding hydrogens is 252 g/mol. The van der Waals surface area contributed by atoms with Crippen LogP contribution in [0.3, 0.4) is 0 Å². The summed E-state index contributed by atoms with van der Waals surface area (Å²) in [5.41, 5.74) is 1.09. The first kappa shape index (κ1) is 14.7. The molecule has 5 heteroatoms. The van der Waals surface area contributed by atoms with Gasteiger partial charge in [-0.3, -0.25) is 9.00 Å². The van der Waals surface area contributed by atoms with Crippen molar-refractivity contribution >= 4 is 16.8 Å². The van der Waals surface area contributed by atoms with Crippen molar-refractivity contribution in [3.63, 3.8) is 0 Å². The quantitative estimate of drug-likeness (QED) is 0.734. The molecule has 100 valence electrons. The zero-order valence-electron chi connectivity index (χ0n) is 10.4. The molecule has 0 aliphatic heterocycles. The number of para-hydroxylation sites is 1. The molecule has 0 amide bonds. The van der Waals surface area contributed by atoms with E-state index in [0.717, 1.165) is 17.7 Å². The molecule has 0 aromatic heterocycles. The maximum atomic E-state index is 11.2. The van der Waals surface area contributed by atoms with Gasteiger partial charge >= 0.3 is 5.97 Å². The molecule has 0 radical (unpaired) electrons. The minimum absolute atomic E-state index is 0.265. The summed E-state index contributed by atoms with van der Waals surface area (Å²) < 4.78 is 16.8. The van der Waals surface area contributed by atoms with Gasteiger partial charge in [0.1, 0.15) is 11.5 Å². The van der Waals surface area contributed by atoms with E-state index in [0.29, 0.717) is 18.8 Å². The number of ether oxygens (including phenoxy) is 1. The Bertz CT molecular complexity index is 417. The van der Waals surface area contributed by atoms with E-state index in [4.69, 9.17) is 9.84 Å². The molecule has 0 aliphatic carbocycles. The van der Waals surface area contributed by atoms with Gasteiger partial charge < -0.3 is 9.84 Å². The fourth-order valence-electron chi connectivity index (χ4n) is 1.48. The molecule has 0 aliphatic rings. The third kappa shape index (κ3) is 5.82. The minimum Gasteiger partial charge on any atom is -0.493 e. The van der Waals surface area contributed by atoms with E-state index >= 15 is 0 Å². The first-order valence-electron chi connectivity index (χ1n) is 5.85. The lowest BCUT2D eigenvalue weighted by Crippen LogP contribution is -2.12. The Morgan fingerprint density at radius 1 is 1.33 bits per heavy atom. The molecule has 0 fully saturated rings. The van der Waals surface area contributed by atoms with Crippen LogP contribution in [0, 0.1) is 6.92 Å². The van der Waals surface area contributed by atoms with E-state index in [1.54, 1.807) is 0 Å². The van der Waals surface area contributed by atoms with Crippen LogP contribution in [-0.2, 0) is 15.6 Å². The van der Waals surface area contributed by atoms with Crippen molar-refractivity contribution in [3.8, 4) is 5.75 Å². The molecule has 1 atom stereocenters. The second-order valence-corrected chi connectivity index (χ2v) is 5.58. The van der Waals surface area contributed by atoms with E-state index in [-0.39, 0.29) is 5.75 Å². The van der Waals surface area contributed by atoms with Crippen LogP contribution in [0.4, 0.5) is 0 Å². The van der Waals surface area contributed by atoms with Crippen molar-refractivity contribution in [2.45, 2.75) is 19.8 Å². The van der Waals surface area contributed by atoms with Crippen LogP contribution in [0.2, 0.25) is 0 Å². The molecule has 0 bridgehead atoms. The maximum Gasteiger partial charge on any atom is 0.316 e. The maximum absolute atomic E-state index is 11.2. The number of benzene rings is 1. The highest BCUT2D eigenvalue weighted by molar-refractivity contribution is 7.85. The van der Waals surface area contributed by atoms with Crippen molar-refractivity contribution in [1.82, 2.24) is 0 Å². The summed E-state index contributed by atoms with van der Waals surface area (Å²) in [5, 5.41) is 8.45. The highest BCUT2D eigenvalue weighted by atomic mass is 32.2. The predicted octanol–water partition coefficient (Wildman–Crippen LogP) is 1.99. The number of hydrogen-bond donors (Lipinski definition) is 1. The van der Waals surface area contributed by atoms with E-state index in [1.165, 1.54) is 0 Å². The van der Waals surface area contributed by atoms with E-state index in [9.17, 15) is 9.00 Å². The normalized spacial score (nSPS) is 12.1. The van der Waals surface area contributed by atoms with Crippen LogP contribution in [0.25, 0.3) is 0 Å². The van der Waals surface area contributed by atoms with Gasteiger partial charge in [0.2, 0.25) is 0 Å². The lowest BCUT2D eigenvalue weighted by Gasteiger charge is -2.08. The number of hydrogen-bond acceptors (Lipinski definition) is 3. The molecule has 1 N–H and O–H groups in total. The average Bonchev–Trinajstić information content (AvgIpc) is 2.30. The number of carbonyl (C=O) groups is 1. The Labute approximate surface area is 109 Å². The van der Waals surface area contributed by atoms with Crippen molar-refractivity contribution in [1.29, 1.82) is 0 Å². The molecule has 0 saturated carbocycles. The Balaban J connectivity index is 2.14. The molecule has 4 nitrogen and oxygen atoms in total. The summed E-state index contributed by atoms with van der Waals surface area (Å²) >= 11 is 0. The standard InChI is InChI=1S/C13H18O4S/c1-11-6-2-3-7-12(11)17-8-4-5-9-18(16)10-13(14)15/h2-3,6-7H,4-5,8-10H2,1H3,(H,14,15). The number of unbranched alkanes of at least 4 members (excludes halogenated alkanes) is 1. The number of carboxylic acid groups (broad SMARTS) is 1. The highest BCUT2D eigenvalue weighted by Gasteiger charge is 2.05. The van der Waals surface area contributed by atoms with E-state index < -0.39 is 16.8 Å². The minimum atomic E-state index is -1.26. The lowest BCUT2D eigenvalue weighted by molar-refractivity contribution is -0.133. The summed E-state index contributed by atoms with van der Waals surface area (Å²) in [6, 6.07) is 7.77. The largest absolute Gasteiger partial charge is 0.493 e. The second-order valence-electron chi connectivity index (χ2n) is 4.00. The molecule has 1 rings (SSSR count). The SMILES string of the molecule is Cc1ccccc1OCCCCS(=O)CC(=O)O. The van der Waals surface area contributed by atoms with Gasteiger partial charge in [0.05, 0.1) is 6.61 Å². The Hall–Kier alpha value is -1.36. The number of aliphatic carboxylic acids is 1. The first-order valence-corrected chi connectivity index (χ1v) is 7.33. The van der Waals surface area contributed by atoms with Crippen molar-refractivity contribution in [2.24, 2.45) is 0 Å². The van der Waals surface area contributed by atoms with E-state index in [2.05, 4.69) is 0 Å². The van der Waals surface area contributed by atoms with Crippen LogP contribution < -0.4 is 4.74 Å². The van der Waals surface area contributed by atoms with Crippen LogP contribution in [0.1, 0.15) is 18.4 Å². The first-order chi connectivity index (χ1) is 8.59. The van der Waals surface area contributed by atoms with Gasteiger partial charge in [0.15, 0.2) is 0 Å². The van der Waals surface area contributed by atoms with Crippen molar-refractivity contribution in [3.05, 3.63) is 29.8 Å². The fourth-order valence-corrected chi connectivity index (χ4v) is 2.42. The van der Waals surface area contributed by atoms with Crippen LogP contribution >= 0.6 is 0 Å². The van der Waals surface area contributed by atoms with Gasteiger partial charge in [-0.25, -0.2) is 0 Å². The van der Waals surface area contributed by atoms with Crippen LogP contribution in [0.5, 0.6) is 5.75 Å². The predicted molar refractivity (Wildman–Crippen MR) is 71.4 cm³/mol. The number of rotatable bonds is 8. The summed E-state index contributed by atoms with van der Waals surface area (Å²) in [6.45, 7) is 2.55. The Morgan fingerprint density at radius 3 is 2.72 bits per heavy atom. The van der Waals surface area contributed by atoms with Gasteiger partial charge in [0, 0.05) is 16.6 Å². The molecule has 0 heterocycles. The smallest absolute Gasteiger partial charge is 0.316 e. The Morgan fingerprint density at radius 2 is 2.06 bits per heavy atom. The monoisotopic (exact) mass is 270 g/mol. The highest BCUT2D eigenvalue weighted by Crippen LogP contribution is 2.16. The third-order valence-electron chi connectivity index (χ3n) is 2.40. The third-order valence-corrected chi connectivity index (χ3v) is 3.71. The van der Waals surface area contributed by atoms with Gasteiger partial charge in [-0.15, -0.1) is 0 Å². The Kier molecular flexibility index (Phi) is 6.43.